The first-order valence-corrected chi connectivity index (χ1v) is 5.99. The molecule has 0 radical (unpaired) electrons. The number of nitrogens with one attached hydrogen (secondary N) is 1. The summed E-state index contributed by atoms with van der Waals surface area (Å²) in [5.74, 6) is 1.23. The monoisotopic (exact) mass is 286 g/mol. The van der Waals surface area contributed by atoms with Crippen LogP contribution in [0.5, 0.6) is 11.5 Å². The maximum Gasteiger partial charge on any atom is 0.231 e. The standard InChI is InChI=1S/C13H18N2O3.ClH/c1-8(9(2)14)13(16)15-6-10-3-4-11-12(5-10)18-7-17-11;/h3-5,8-9H,6-7,14H2,1-2H3,(H,15,16);1H. The molecule has 1 aromatic rings. The van der Waals surface area contributed by atoms with Crippen LogP contribution in [0.25, 0.3) is 0 Å². The molecule has 2 rings (SSSR count). The minimum atomic E-state index is -0.195. The third-order valence-corrected chi connectivity index (χ3v) is 3.11. The third kappa shape index (κ3) is 3.75. The van der Waals surface area contributed by atoms with E-state index in [0.29, 0.717) is 6.54 Å². The van der Waals surface area contributed by atoms with Crippen molar-refractivity contribution in [2.45, 2.75) is 26.4 Å². The van der Waals surface area contributed by atoms with Crippen molar-refractivity contribution in [1.29, 1.82) is 0 Å². The summed E-state index contributed by atoms with van der Waals surface area (Å²) in [6, 6.07) is 5.48. The van der Waals surface area contributed by atoms with Gasteiger partial charge in [-0.05, 0) is 24.6 Å². The number of hydrogen-bond donors (Lipinski definition) is 2. The largest absolute Gasteiger partial charge is 0.454 e. The van der Waals surface area contributed by atoms with Crippen LogP contribution in [0.15, 0.2) is 18.2 Å². The molecule has 0 spiro atoms. The van der Waals surface area contributed by atoms with Gasteiger partial charge in [-0.3, -0.25) is 4.79 Å². The Morgan fingerprint density at radius 2 is 2.05 bits per heavy atom. The number of nitrogens with two attached hydrogens (primary N) is 1. The van der Waals surface area contributed by atoms with Crippen molar-refractivity contribution in [3.05, 3.63) is 23.8 Å². The van der Waals surface area contributed by atoms with Gasteiger partial charge in [-0.15, -0.1) is 12.4 Å². The molecular formula is C13H19ClN2O3. The predicted octanol–water partition coefficient (Wildman–Crippen LogP) is 1.44. The average Bonchev–Trinajstić information content (AvgIpc) is 2.82. The van der Waals surface area contributed by atoms with E-state index in [0.717, 1.165) is 17.1 Å². The van der Waals surface area contributed by atoms with Gasteiger partial charge in [-0.25, -0.2) is 0 Å². The van der Waals surface area contributed by atoms with Gasteiger partial charge < -0.3 is 20.5 Å². The SMILES string of the molecule is CC(N)C(C)C(=O)NCc1ccc2c(c1)OCO2.Cl. The number of fused-ring (bicyclic) bond motifs is 1. The van der Waals surface area contributed by atoms with Gasteiger partial charge in [-0.1, -0.05) is 13.0 Å². The van der Waals surface area contributed by atoms with Gasteiger partial charge in [-0.2, -0.15) is 0 Å². The molecule has 0 aliphatic carbocycles. The average molecular weight is 287 g/mol. The lowest BCUT2D eigenvalue weighted by Crippen LogP contribution is -2.38. The van der Waals surface area contributed by atoms with Gasteiger partial charge in [0.25, 0.3) is 0 Å². The predicted molar refractivity (Wildman–Crippen MR) is 74.5 cm³/mol. The van der Waals surface area contributed by atoms with E-state index >= 15 is 0 Å². The Morgan fingerprint density at radius 3 is 2.74 bits per heavy atom. The van der Waals surface area contributed by atoms with Crippen LogP contribution in [0.1, 0.15) is 19.4 Å². The zero-order chi connectivity index (χ0) is 13.1. The highest BCUT2D eigenvalue weighted by molar-refractivity contribution is 5.85. The minimum absolute atomic E-state index is 0. The Kier molecular flexibility index (Phi) is 5.44. The summed E-state index contributed by atoms with van der Waals surface area (Å²) in [6.07, 6.45) is 0. The number of ether oxygens (including phenoxy) is 2. The van der Waals surface area contributed by atoms with Gasteiger partial charge in [0.05, 0.1) is 0 Å². The molecule has 5 nitrogen and oxygen atoms in total. The van der Waals surface area contributed by atoms with E-state index in [4.69, 9.17) is 15.2 Å². The van der Waals surface area contributed by atoms with Crippen molar-refractivity contribution < 1.29 is 14.3 Å². The summed E-state index contributed by atoms with van der Waals surface area (Å²) >= 11 is 0. The Morgan fingerprint density at radius 1 is 1.37 bits per heavy atom. The molecule has 1 heterocycles. The van der Waals surface area contributed by atoms with Crippen molar-refractivity contribution in [1.82, 2.24) is 5.32 Å². The van der Waals surface area contributed by atoms with Crippen molar-refractivity contribution in [3.8, 4) is 11.5 Å². The molecule has 3 N–H and O–H groups in total. The number of carbonyl (C=O) groups excluding carboxylic acids is 1. The lowest BCUT2D eigenvalue weighted by atomic mass is 10.0. The first-order chi connectivity index (χ1) is 8.58. The maximum absolute atomic E-state index is 11.7. The topological polar surface area (TPSA) is 73.6 Å². The van der Waals surface area contributed by atoms with Crippen LogP contribution in [0, 0.1) is 5.92 Å². The van der Waals surface area contributed by atoms with Gasteiger partial charge in [0.1, 0.15) is 0 Å². The number of hydrogen-bond acceptors (Lipinski definition) is 4. The van der Waals surface area contributed by atoms with Crippen molar-refractivity contribution >= 4 is 18.3 Å². The van der Waals surface area contributed by atoms with E-state index in [1.807, 2.05) is 32.0 Å². The maximum atomic E-state index is 11.7. The van der Waals surface area contributed by atoms with E-state index in [1.54, 1.807) is 0 Å². The highest BCUT2D eigenvalue weighted by Gasteiger charge is 2.17. The summed E-state index contributed by atoms with van der Waals surface area (Å²) in [6.45, 7) is 4.36. The fourth-order valence-corrected chi connectivity index (χ4v) is 1.64. The first-order valence-electron chi connectivity index (χ1n) is 5.99. The molecule has 106 valence electrons. The molecule has 0 saturated heterocycles. The van der Waals surface area contributed by atoms with E-state index in [1.165, 1.54) is 0 Å². The second-order valence-corrected chi connectivity index (χ2v) is 4.55. The van der Waals surface area contributed by atoms with Gasteiger partial charge >= 0.3 is 0 Å². The minimum Gasteiger partial charge on any atom is -0.454 e. The lowest BCUT2D eigenvalue weighted by molar-refractivity contribution is -0.125. The number of halogens is 1. The number of carbonyl (C=O) groups is 1. The first kappa shape index (κ1) is 15.6. The smallest absolute Gasteiger partial charge is 0.231 e. The molecule has 1 aliphatic rings. The molecule has 1 aliphatic heterocycles. The molecule has 0 fully saturated rings. The molecule has 2 unspecified atom stereocenters. The number of benzene rings is 1. The van der Waals surface area contributed by atoms with Crippen LogP contribution >= 0.6 is 12.4 Å². The Bertz CT molecular complexity index is 452. The summed E-state index contributed by atoms with van der Waals surface area (Å²) in [5.41, 5.74) is 6.66. The molecule has 6 heteroatoms. The van der Waals surface area contributed by atoms with Gasteiger partial charge in [0.2, 0.25) is 12.7 Å². The summed E-state index contributed by atoms with van der Waals surface area (Å²) in [5, 5.41) is 2.86. The van der Waals surface area contributed by atoms with E-state index < -0.39 is 0 Å². The van der Waals surface area contributed by atoms with Gasteiger partial charge in [0.15, 0.2) is 11.5 Å². The molecule has 1 aromatic carbocycles. The lowest BCUT2D eigenvalue weighted by Gasteiger charge is -2.15. The molecular weight excluding hydrogens is 268 g/mol. The fraction of sp³-hybridized carbons (Fsp3) is 0.462. The molecule has 0 aromatic heterocycles. The Labute approximate surface area is 118 Å². The number of rotatable bonds is 4. The Hall–Kier alpha value is -1.46. The molecule has 2 atom stereocenters. The third-order valence-electron chi connectivity index (χ3n) is 3.11. The van der Waals surface area contributed by atoms with Crippen molar-refractivity contribution in [3.63, 3.8) is 0 Å². The van der Waals surface area contributed by atoms with Crippen LogP contribution in [-0.2, 0) is 11.3 Å². The second-order valence-electron chi connectivity index (χ2n) is 4.55. The van der Waals surface area contributed by atoms with Crippen LogP contribution in [0.2, 0.25) is 0 Å². The summed E-state index contributed by atoms with van der Waals surface area (Å²) in [4.78, 5) is 11.7. The zero-order valence-electron chi connectivity index (χ0n) is 11.0. The zero-order valence-corrected chi connectivity index (χ0v) is 11.8. The second kappa shape index (κ2) is 6.63. The molecule has 19 heavy (non-hydrogen) atoms. The summed E-state index contributed by atoms with van der Waals surface area (Å²) < 4.78 is 10.5. The van der Waals surface area contributed by atoms with Crippen LogP contribution in [-0.4, -0.2) is 18.7 Å². The Balaban J connectivity index is 0.00000180. The molecule has 1 amide bonds. The van der Waals surface area contributed by atoms with E-state index in [9.17, 15) is 4.79 Å². The van der Waals surface area contributed by atoms with Gasteiger partial charge in [0, 0.05) is 18.5 Å². The van der Waals surface area contributed by atoms with Crippen LogP contribution < -0.4 is 20.5 Å². The van der Waals surface area contributed by atoms with E-state index in [-0.39, 0.29) is 37.1 Å². The van der Waals surface area contributed by atoms with Crippen LogP contribution in [0.3, 0.4) is 0 Å². The van der Waals surface area contributed by atoms with Crippen LogP contribution in [0.4, 0.5) is 0 Å². The highest BCUT2D eigenvalue weighted by Crippen LogP contribution is 2.32. The summed E-state index contributed by atoms with van der Waals surface area (Å²) in [7, 11) is 0. The molecule has 0 saturated carbocycles. The van der Waals surface area contributed by atoms with Crippen molar-refractivity contribution in [2.75, 3.05) is 6.79 Å². The highest BCUT2D eigenvalue weighted by atomic mass is 35.5. The van der Waals surface area contributed by atoms with E-state index in [2.05, 4.69) is 5.32 Å². The molecule has 0 bridgehead atoms. The van der Waals surface area contributed by atoms with Crippen molar-refractivity contribution in [2.24, 2.45) is 11.7 Å². The quantitative estimate of drug-likeness (QED) is 0.878. The normalized spacial score (nSPS) is 15.3. The fourth-order valence-electron chi connectivity index (χ4n) is 1.64. The number of amides is 1.